The summed E-state index contributed by atoms with van der Waals surface area (Å²) in [5.74, 6) is -0.812. The molecule has 0 aliphatic rings. The highest BCUT2D eigenvalue weighted by molar-refractivity contribution is 9.10. The number of para-hydroxylation sites is 1. The zero-order valence-electron chi connectivity index (χ0n) is 8.53. The summed E-state index contributed by atoms with van der Waals surface area (Å²) >= 11 is 3.37. The van der Waals surface area contributed by atoms with E-state index in [0.29, 0.717) is 6.42 Å². The molecule has 82 valence electrons. The Morgan fingerprint density at radius 2 is 2.20 bits per heavy atom. The van der Waals surface area contributed by atoms with Gasteiger partial charge in [0, 0.05) is 10.2 Å². The molecule has 0 aromatic heterocycles. The number of hydrogen-bond donors (Lipinski definition) is 2. The molecule has 0 saturated carbocycles. The molecule has 0 bridgehead atoms. The van der Waals surface area contributed by atoms with Crippen molar-refractivity contribution >= 4 is 27.6 Å². The predicted octanol–water partition coefficient (Wildman–Crippen LogP) is 3.11. The second kappa shape index (κ2) is 5.75. The molecular weight excluding hydrogens is 258 g/mol. The average Bonchev–Trinajstić information content (AvgIpc) is 2.20. The average molecular weight is 272 g/mol. The van der Waals surface area contributed by atoms with Crippen molar-refractivity contribution in [1.29, 1.82) is 0 Å². The van der Waals surface area contributed by atoms with Crippen LogP contribution in [0, 0.1) is 0 Å². The van der Waals surface area contributed by atoms with Gasteiger partial charge in [-0.15, -0.1) is 0 Å². The quantitative estimate of drug-likeness (QED) is 0.865. The van der Waals surface area contributed by atoms with Crippen LogP contribution in [0.2, 0.25) is 0 Å². The second-order valence-electron chi connectivity index (χ2n) is 3.30. The third-order valence-electron chi connectivity index (χ3n) is 2.08. The van der Waals surface area contributed by atoms with E-state index in [1.807, 2.05) is 31.2 Å². The normalized spacial score (nSPS) is 12.1. The van der Waals surface area contributed by atoms with Gasteiger partial charge in [0.2, 0.25) is 0 Å². The number of aliphatic carboxylic acids is 1. The van der Waals surface area contributed by atoms with Crippen molar-refractivity contribution in [1.82, 2.24) is 0 Å². The lowest BCUT2D eigenvalue weighted by Crippen LogP contribution is -2.29. The van der Waals surface area contributed by atoms with Crippen molar-refractivity contribution in [3.8, 4) is 0 Å². The summed E-state index contributed by atoms with van der Waals surface area (Å²) in [4.78, 5) is 10.9. The molecule has 0 radical (unpaired) electrons. The second-order valence-corrected chi connectivity index (χ2v) is 4.16. The van der Waals surface area contributed by atoms with Crippen LogP contribution in [0.5, 0.6) is 0 Å². The van der Waals surface area contributed by atoms with Gasteiger partial charge in [-0.3, -0.25) is 0 Å². The van der Waals surface area contributed by atoms with Crippen molar-refractivity contribution in [2.75, 3.05) is 5.32 Å². The summed E-state index contributed by atoms with van der Waals surface area (Å²) in [5.41, 5.74) is 0.818. The number of nitrogens with one attached hydrogen (secondary N) is 1. The molecule has 0 spiro atoms. The minimum absolute atomic E-state index is 0.520. The van der Waals surface area contributed by atoms with E-state index in [0.717, 1.165) is 16.6 Å². The molecule has 4 heteroatoms. The molecule has 1 atom stereocenters. The van der Waals surface area contributed by atoms with E-state index in [2.05, 4.69) is 21.2 Å². The molecule has 0 amide bonds. The molecule has 0 aliphatic heterocycles. The summed E-state index contributed by atoms with van der Waals surface area (Å²) in [6.07, 6.45) is 1.46. The zero-order chi connectivity index (χ0) is 11.3. The van der Waals surface area contributed by atoms with E-state index in [1.165, 1.54) is 0 Å². The van der Waals surface area contributed by atoms with E-state index < -0.39 is 12.0 Å². The summed E-state index contributed by atoms with van der Waals surface area (Å²) in [7, 11) is 0. The predicted molar refractivity (Wildman–Crippen MR) is 64.1 cm³/mol. The molecule has 15 heavy (non-hydrogen) atoms. The number of carboxylic acids is 1. The Morgan fingerprint density at radius 1 is 1.53 bits per heavy atom. The first kappa shape index (κ1) is 12.0. The van der Waals surface area contributed by atoms with Crippen molar-refractivity contribution in [3.05, 3.63) is 28.7 Å². The minimum atomic E-state index is -0.812. The maximum absolute atomic E-state index is 10.9. The van der Waals surface area contributed by atoms with Gasteiger partial charge in [0.05, 0.1) is 0 Å². The number of carboxylic acid groups (broad SMARTS) is 1. The van der Waals surface area contributed by atoms with Gasteiger partial charge in [-0.2, -0.15) is 0 Å². The number of benzene rings is 1. The van der Waals surface area contributed by atoms with Crippen LogP contribution in [0.3, 0.4) is 0 Å². The molecule has 0 fully saturated rings. The van der Waals surface area contributed by atoms with Gasteiger partial charge in [-0.05, 0) is 34.5 Å². The lowest BCUT2D eigenvalue weighted by Gasteiger charge is -2.15. The van der Waals surface area contributed by atoms with E-state index in [9.17, 15) is 4.79 Å². The molecule has 2 N–H and O–H groups in total. The van der Waals surface area contributed by atoms with Crippen LogP contribution in [-0.2, 0) is 4.79 Å². The van der Waals surface area contributed by atoms with Crippen molar-refractivity contribution < 1.29 is 9.90 Å². The largest absolute Gasteiger partial charge is 0.480 e. The number of carbonyl (C=O) groups is 1. The van der Waals surface area contributed by atoms with Crippen LogP contribution >= 0.6 is 15.9 Å². The third kappa shape index (κ3) is 3.55. The van der Waals surface area contributed by atoms with Crippen LogP contribution < -0.4 is 5.32 Å². The highest BCUT2D eigenvalue weighted by Gasteiger charge is 2.16. The summed E-state index contributed by atoms with van der Waals surface area (Å²) in [5, 5.41) is 12.0. The summed E-state index contributed by atoms with van der Waals surface area (Å²) in [6.45, 7) is 1.97. The topological polar surface area (TPSA) is 49.3 Å². The molecule has 3 nitrogen and oxygen atoms in total. The smallest absolute Gasteiger partial charge is 0.326 e. The van der Waals surface area contributed by atoms with Gasteiger partial charge >= 0.3 is 5.97 Å². The van der Waals surface area contributed by atoms with Crippen LogP contribution in [0.1, 0.15) is 19.8 Å². The third-order valence-corrected chi connectivity index (χ3v) is 2.77. The van der Waals surface area contributed by atoms with E-state index in [4.69, 9.17) is 5.11 Å². The van der Waals surface area contributed by atoms with Crippen LogP contribution in [-0.4, -0.2) is 17.1 Å². The first-order valence-corrected chi connectivity index (χ1v) is 5.68. The first-order valence-electron chi connectivity index (χ1n) is 4.89. The Hall–Kier alpha value is -1.03. The van der Waals surface area contributed by atoms with Gasteiger partial charge in [-0.25, -0.2) is 4.79 Å². The number of anilines is 1. The molecule has 1 aromatic carbocycles. The van der Waals surface area contributed by atoms with Crippen LogP contribution in [0.25, 0.3) is 0 Å². The Kier molecular flexibility index (Phi) is 4.62. The molecular formula is C11H14BrNO2. The molecule has 1 rings (SSSR count). The Balaban J connectivity index is 2.74. The van der Waals surface area contributed by atoms with Crippen LogP contribution in [0.4, 0.5) is 5.69 Å². The summed E-state index contributed by atoms with van der Waals surface area (Å²) < 4.78 is 0.882. The van der Waals surface area contributed by atoms with Gasteiger partial charge < -0.3 is 10.4 Å². The van der Waals surface area contributed by atoms with E-state index in [-0.39, 0.29) is 0 Å². The van der Waals surface area contributed by atoms with Crippen molar-refractivity contribution in [2.24, 2.45) is 0 Å². The fourth-order valence-corrected chi connectivity index (χ4v) is 1.71. The summed E-state index contributed by atoms with van der Waals surface area (Å²) in [6, 6.07) is 6.99. The van der Waals surface area contributed by atoms with Crippen molar-refractivity contribution in [3.63, 3.8) is 0 Å². The van der Waals surface area contributed by atoms with E-state index >= 15 is 0 Å². The zero-order valence-corrected chi connectivity index (χ0v) is 10.1. The SMILES string of the molecule is CCC[C@@H](Nc1ccccc1Br)C(=O)O. The molecule has 0 saturated heterocycles. The lowest BCUT2D eigenvalue weighted by molar-refractivity contribution is -0.138. The Morgan fingerprint density at radius 3 is 2.73 bits per heavy atom. The fraction of sp³-hybridized carbons (Fsp3) is 0.364. The first-order chi connectivity index (χ1) is 7.15. The van der Waals surface area contributed by atoms with Gasteiger partial charge in [-0.1, -0.05) is 25.5 Å². The molecule has 1 aromatic rings. The Labute approximate surface area is 97.6 Å². The number of hydrogen-bond acceptors (Lipinski definition) is 2. The highest BCUT2D eigenvalue weighted by Crippen LogP contribution is 2.22. The fourth-order valence-electron chi connectivity index (χ4n) is 1.31. The van der Waals surface area contributed by atoms with Gasteiger partial charge in [0.25, 0.3) is 0 Å². The maximum Gasteiger partial charge on any atom is 0.326 e. The number of rotatable bonds is 5. The molecule has 0 unspecified atom stereocenters. The Bertz CT molecular complexity index is 341. The molecule has 0 heterocycles. The van der Waals surface area contributed by atoms with Gasteiger partial charge in [0.15, 0.2) is 0 Å². The van der Waals surface area contributed by atoms with E-state index in [1.54, 1.807) is 0 Å². The number of halogens is 1. The van der Waals surface area contributed by atoms with Crippen molar-refractivity contribution in [2.45, 2.75) is 25.8 Å². The monoisotopic (exact) mass is 271 g/mol. The van der Waals surface area contributed by atoms with Gasteiger partial charge in [0.1, 0.15) is 6.04 Å². The standard InChI is InChI=1S/C11H14BrNO2/c1-2-5-10(11(14)15)13-9-7-4-3-6-8(9)12/h3-4,6-7,10,13H,2,5H2,1H3,(H,14,15)/t10-/m1/s1. The minimum Gasteiger partial charge on any atom is -0.480 e. The lowest BCUT2D eigenvalue weighted by atomic mass is 10.1. The maximum atomic E-state index is 10.9. The molecule has 0 aliphatic carbocycles. The van der Waals surface area contributed by atoms with Crippen LogP contribution in [0.15, 0.2) is 28.7 Å². The highest BCUT2D eigenvalue weighted by atomic mass is 79.9.